The van der Waals surface area contributed by atoms with Gasteiger partial charge in [0.2, 0.25) is 0 Å². The Morgan fingerprint density at radius 2 is 2.12 bits per heavy atom. The summed E-state index contributed by atoms with van der Waals surface area (Å²) in [5.74, 6) is 0.778. The van der Waals surface area contributed by atoms with Crippen LogP contribution in [-0.4, -0.2) is 17.1 Å². The summed E-state index contributed by atoms with van der Waals surface area (Å²) in [6, 6.07) is 5.51. The van der Waals surface area contributed by atoms with Crippen LogP contribution >= 0.6 is 27.5 Å². The van der Waals surface area contributed by atoms with Crippen LogP contribution in [0, 0.1) is 6.92 Å². The average Bonchev–Trinajstić information content (AvgIpc) is 2.28. The number of hydrogen-bond donors (Lipinski definition) is 0. The standard InChI is InChI=1S/C12H10BrClN2O/c1-7-5-8(14)6-9(11(7)17-2)10-3-4-15-12(13)16-10/h3-6H,1-2H3. The molecule has 0 aliphatic heterocycles. The molecule has 0 fully saturated rings. The number of rotatable bonds is 2. The lowest BCUT2D eigenvalue weighted by atomic mass is 10.1. The van der Waals surface area contributed by atoms with Gasteiger partial charge in [-0.15, -0.1) is 0 Å². The van der Waals surface area contributed by atoms with Crippen LogP contribution in [0.5, 0.6) is 5.75 Å². The Morgan fingerprint density at radius 3 is 2.76 bits per heavy atom. The van der Waals surface area contributed by atoms with Gasteiger partial charge in [0.05, 0.1) is 12.8 Å². The first-order chi connectivity index (χ1) is 8.11. The van der Waals surface area contributed by atoms with Crippen LogP contribution in [0.4, 0.5) is 0 Å². The fourth-order valence-corrected chi connectivity index (χ4v) is 2.26. The SMILES string of the molecule is COc1c(C)cc(Cl)cc1-c1ccnc(Br)n1. The molecule has 88 valence electrons. The average molecular weight is 314 g/mol. The van der Waals surface area contributed by atoms with Crippen LogP contribution in [-0.2, 0) is 0 Å². The van der Waals surface area contributed by atoms with Gasteiger partial charge < -0.3 is 4.74 Å². The maximum absolute atomic E-state index is 6.06. The van der Waals surface area contributed by atoms with Crippen molar-refractivity contribution in [2.75, 3.05) is 7.11 Å². The summed E-state index contributed by atoms with van der Waals surface area (Å²) in [4.78, 5) is 8.30. The van der Waals surface area contributed by atoms with Crippen molar-refractivity contribution in [3.05, 3.63) is 39.7 Å². The first-order valence-corrected chi connectivity index (χ1v) is 6.12. The smallest absolute Gasteiger partial charge is 0.197 e. The minimum atomic E-state index is 0.537. The molecular formula is C12H10BrClN2O. The van der Waals surface area contributed by atoms with E-state index in [1.165, 1.54) is 0 Å². The van der Waals surface area contributed by atoms with Gasteiger partial charge >= 0.3 is 0 Å². The third kappa shape index (κ3) is 2.58. The largest absolute Gasteiger partial charge is 0.496 e. The number of aromatic nitrogens is 2. The van der Waals surface area contributed by atoms with E-state index < -0.39 is 0 Å². The van der Waals surface area contributed by atoms with Crippen molar-refractivity contribution < 1.29 is 4.74 Å². The van der Waals surface area contributed by atoms with E-state index in [1.807, 2.05) is 25.1 Å². The molecule has 0 unspecified atom stereocenters. The van der Waals surface area contributed by atoms with Crippen LogP contribution < -0.4 is 4.74 Å². The van der Waals surface area contributed by atoms with Crippen molar-refractivity contribution in [1.82, 2.24) is 9.97 Å². The van der Waals surface area contributed by atoms with Crippen molar-refractivity contribution in [1.29, 1.82) is 0 Å². The first-order valence-electron chi connectivity index (χ1n) is 4.95. The second-order valence-electron chi connectivity index (χ2n) is 3.51. The van der Waals surface area contributed by atoms with Crippen molar-refractivity contribution in [3.63, 3.8) is 0 Å². The molecular weight excluding hydrogens is 304 g/mol. The summed E-state index contributed by atoms with van der Waals surface area (Å²) in [6.07, 6.45) is 1.68. The molecule has 2 rings (SSSR count). The van der Waals surface area contributed by atoms with Crippen molar-refractivity contribution in [2.24, 2.45) is 0 Å². The van der Waals surface area contributed by atoms with E-state index in [2.05, 4.69) is 25.9 Å². The fourth-order valence-electron chi connectivity index (χ4n) is 1.68. The highest BCUT2D eigenvalue weighted by atomic mass is 79.9. The Bertz CT molecular complexity index is 560. The molecule has 0 aliphatic carbocycles. The monoisotopic (exact) mass is 312 g/mol. The van der Waals surface area contributed by atoms with Gasteiger partial charge in [-0.25, -0.2) is 9.97 Å². The van der Waals surface area contributed by atoms with Gasteiger partial charge in [-0.05, 0) is 46.6 Å². The molecule has 17 heavy (non-hydrogen) atoms. The Balaban J connectivity index is 2.65. The Hall–Kier alpha value is -1.13. The van der Waals surface area contributed by atoms with E-state index in [4.69, 9.17) is 16.3 Å². The Labute approximate surface area is 113 Å². The van der Waals surface area contributed by atoms with Gasteiger partial charge in [0, 0.05) is 16.8 Å². The molecule has 0 bridgehead atoms. The quantitative estimate of drug-likeness (QED) is 0.789. The first kappa shape index (κ1) is 12.3. The highest BCUT2D eigenvalue weighted by Crippen LogP contribution is 2.34. The molecule has 2 aromatic rings. The molecule has 0 aliphatic rings. The summed E-state index contributed by atoms with van der Waals surface area (Å²) in [7, 11) is 1.63. The molecule has 0 spiro atoms. The van der Waals surface area contributed by atoms with E-state index in [0.29, 0.717) is 9.76 Å². The zero-order valence-electron chi connectivity index (χ0n) is 9.37. The molecule has 0 amide bonds. The molecule has 1 heterocycles. The molecule has 0 saturated carbocycles. The second kappa shape index (κ2) is 5.02. The van der Waals surface area contributed by atoms with Crippen molar-refractivity contribution in [3.8, 4) is 17.0 Å². The highest BCUT2D eigenvalue weighted by molar-refractivity contribution is 9.10. The number of halogens is 2. The minimum Gasteiger partial charge on any atom is -0.496 e. The number of methoxy groups -OCH3 is 1. The molecule has 1 aromatic carbocycles. The van der Waals surface area contributed by atoms with E-state index in [1.54, 1.807) is 13.3 Å². The molecule has 0 radical (unpaired) electrons. The third-order valence-electron chi connectivity index (χ3n) is 2.35. The van der Waals surface area contributed by atoms with E-state index in [-0.39, 0.29) is 0 Å². The second-order valence-corrected chi connectivity index (χ2v) is 4.66. The summed E-state index contributed by atoms with van der Waals surface area (Å²) >= 11 is 9.30. The summed E-state index contributed by atoms with van der Waals surface area (Å²) < 4.78 is 5.93. The van der Waals surface area contributed by atoms with Crippen LogP contribution in [0.1, 0.15) is 5.56 Å². The van der Waals surface area contributed by atoms with Crippen molar-refractivity contribution in [2.45, 2.75) is 6.92 Å². The lowest BCUT2D eigenvalue weighted by molar-refractivity contribution is 0.413. The highest BCUT2D eigenvalue weighted by Gasteiger charge is 2.11. The van der Waals surface area contributed by atoms with Gasteiger partial charge in [0.1, 0.15) is 5.75 Å². The van der Waals surface area contributed by atoms with Crippen LogP contribution in [0.15, 0.2) is 29.1 Å². The van der Waals surface area contributed by atoms with Gasteiger partial charge in [-0.2, -0.15) is 0 Å². The number of aryl methyl sites for hydroxylation is 1. The molecule has 0 saturated heterocycles. The Kier molecular flexibility index (Phi) is 3.64. The summed E-state index contributed by atoms with van der Waals surface area (Å²) in [5.41, 5.74) is 2.61. The maximum Gasteiger partial charge on any atom is 0.197 e. The third-order valence-corrected chi connectivity index (χ3v) is 2.95. The van der Waals surface area contributed by atoms with E-state index in [0.717, 1.165) is 22.6 Å². The predicted octanol–water partition coefficient (Wildman–Crippen LogP) is 3.88. The molecule has 1 aromatic heterocycles. The number of hydrogen-bond acceptors (Lipinski definition) is 3. The van der Waals surface area contributed by atoms with Gasteiger partial charge in [-0.1, -0.05) is 11.6 Å². The van der Waals surface area contributed by atoms with Crippen LogP contribution in [0.3, 0.4) is 0 Å². The lowest BCUT2D eigenvalue weighted by Gasteiger charge is -2.11. The van der Waals surface area contributed by atoms with Crippen LogP contribution in [0.25, 0.3) is 11.3 Å². The zero-order chi connectivity index (χ0) is 12.4. The predicted molar refractivity (Wildman–Crippen MR) is 71.5 cm³/mol. The van der Waals surface area contributed by atoms with Crippen LogP contribution in [0.2, 0.25) is 5.02 Å². The van der Waals surface area contributed by atoms with Crippen molar-refractivity contribution >= 4 is 27.5 Å². The molecule has 5 heteroatoms. The van der Waals surface area contributed by atoms with Gasteiger partial charge in [0.15, 0.2) is 4.73 Å². The topological polar surface area (TPSA) is 35.0 Å². The fraction of sp³-hybridized carbons (Fsp3) is 0.167. The lowest BCUT2D eigenvalue weighted by Crippen LogP contribution is -1.94. The molecule has 3 nitrogen and oxygen atoms in total. The Morgan fingerprint density at radius 1 is 1.35 bits per heavy atom. The number of nitrogens with zero attached hydrogens (tertiary/aromatic N) is 2. The summed E-state index contributed by atoms with van der Waals surface area (Å²) in [5, 5.41) is 0.660. The normalized spacial score (nSPS) is 10.4. The minimum absolute atomic E-state index is 0.537. The summed E-state index contributed by atoms with van der Waals surface area (Å²) in [6.45, 7) is 1.95. The number of ether oxygens (including phenoxy) is 1. The maximum atomic E-state index is 6.06. The van der Waals surface area contributed by atoms with E-state index in [9.17, 15) is 0 Å². The zero-order valence-corrected chi connectivity index (χ0v) is 11.7. The van der Waals surface area contributed by atoms with Gasteiger partial charge in [0.25, 0.3) is 0 Å². The van der Waals surface area contributed by atoms with Gasteiger partial charge in [-0.3, -0.25) is 0 Å². The number of benzene rings is 1. The van der Waals surface area contributed by atoms with E-state index >= 15 is 0 Å². The molecule has 0 N–H and O–H groups in total. The molecule has 0 atom stereocenters.